The van der Waals surface area contributed by atoms with E-state index in [9.17, 15) is 4.79 Å². The summed E-state index contributed by atoms with van der Waals surface area (Å²) in [6.45, 7) is 4.67. The average molecular weight is 235 g/mol. The smallest absolute Gasteiger partial charge is 0.223 e. The van der Waals surface area contributed by atoms with Gasteiger partial charge < -0.3 is 5.32 Å². The third kappa shape index (κ3) is 2.36. The average Bonchev–Trinajstić information content (AvgIpc) is 2.91. The van der Waals surface area contributed by atoms with Crippen molar-refractivity contribution in [2.45, 2.75) is 58.4 Å². The van der Waals surface area contributed by atoms with Gasteiger partial charge in [0.15, 0.2) is 0 Å². The van der Waals surface area contributed by atoms with Crippen molar-refractivity contribution in [3.05, 3.63) is 0 Å². The zero-order valence-electron chi connectivity index (χ0n) is 11.1. The first-order valence-electron chi connectivity index (χ1n) is 7.44. The maximum Gasteiger partial charge on any atom is 0.223 e. The maximum absolute atomic E-state index is 12.2. The summed E-state index contributed by atoms with van der Waals surface area (Å²) < 4.78 is 0. The van der Waals surface area contributed by atoms with Gasteiger partial charge in [0.1, 0.15) is 0 Å². The van der Waals surface area contributed by atoms with E-state index in [1.165, 1.54) is 38.5 Å². The molecule has 0 bridgehead atoms. The topological polar surface area (TPSA) is 29.1 Å². The molecule has 3 saturated carbocycles. The Kier molecular flexibility index (Phi) is 2.92. The van der Waals surface area contributed by atoms with E-state index in [4.69, 9.17) is 0 Å². The lowest BCUT2D eigenvalue weighted by molar-refractivity contribution is -0.126. The van der Waals surface area contributed by atoms with Gasteiger partial charge in [0.2, 0.25) is 5.91 Å². The first-order valence-corrected chi connectivity index (χ1v) is 7.44. The van der Waals surface area contributed by atoms with Gasteiger partial charge in [-0.25, -0.2) is 0 Å². The van der Waals surface area contributed by atoms with Gasteiger partial charge in [-0.15, -0.1) is 0 Å². The zero-order valence-corrected chi connectivity index (χ0v) is 11.1. The Balaban J connectivity index is 1.48. The van der Waals surface area contributed by atoms with Crippen molar-refractivity contribution in [2.75, 3.05) is 0 Å². The van der Waals surface area contributed by atoms with Gasteiger partial charge in [-0.2, -0.15) is 0 Å². The summed E-state index contributed by atoms with van der Waals surface area (Å²) in [5.41, 5.74) is 0. The highest BCUT2D eigenvalue weighted by atomic mass is 16.1. The van der Waals surface area contributed by atoms with E-state index in [0.717, 1.165) is 23.7 Å². The maximum atomic E-state index is 12.2. The predicted octanol–water partition coefficient (Wildman–Crippen LogP) is 2.97. The number of nitrogens with one attached hydrogen (secondary N) is 1. The van der Waals surface area contributed by atoms with Gasteiger partial charge >= 0.3 is 0 Å². The van der Waals surface area contributed by atoms with Gasteiger partial charge in [0, 0.05) is 12.0 Å². The van der Waals surface area contributed by atoms with Crippen molar-refractivity contribution in [3.63, 3.8) is 0 Å². The SMILES string of the molecule is CC1CCC(NC(=O)C2CC3CC3C2)CC1C. The molecule has 0 spiro atoms. The molecule has 3 aliphatic rings. The third-order valence-corrected chi connectivity index (χ3v) is 5.56. The summed E-state index contributed by atoms with van der Waals surface area (Å²) in [6.07, 6.45) is 7.41. The summed E-state index contributed by atoms with van der Waals surface area (Å²) in [6, 6.07) is 0.464. The van der Waals surface area contributed by atoms with Crippen LogP contribution < -0.4 is 5.32 Å². The van der Waals surface area contributed by atoms with E-state index in [1.807, 2.05) is 0 Å². The molecule has 2 nitrogen and oxygen atoms in total. The molecule has 3 fully saturated rings. The first kappa shape index (κ1) is 11.6. The van der Waals surface area contributed by atoms with Crippen LogP contribution in [0.5, 0.6) is 0 Å². The van der Waals surface area contributed by atoms with Crippen molar-refractivity contribution in [1.29, 1.82) is 0 Å². The van der Waals surface area contributed by atoms with E-state index in [-0.39, 0.29) is 0 Å². The second kappa shape index (κ2) is 4.29. The van der Waals surface area contributed by atoms with Crippen LogP contribution in [-0.4, -0.2) is 11.9 Å². The molecule has 0 aromatic carbocycles. The van der Waals surface area contributed by atoms with Gasteiger partial charge in [-0.05, 0) is 62.2 Å². The molecule has 0 aliphatic heterocycles. The Bertz CT molecular complexity index is 304. The molecule has 0 saturated heterocycles. The standard InChI is InChI=1S/C15H25NO/c1-9-3-4-14(5-10(9)2)16-15(17)13-7-11-6-12(11)8-13/h9-14H,3-8H2,1-2H3,(H,16,17). The van der Waals surface area contributed by atoms with Gasteiger partial charge in [-0.1, -0.05) is 13.8 Å². The number of hydrogen-bond acceptors (Lipinski definition) is 1. The molecule has 0 aromatic rings. The minimum atomic E-state index is 0.355. The van der Waals surface area contributed by atoms with Crippen LogP contribution in [0.25, 0.3) is 0 Å². The molecular weight excluding hydrogens is 210 g/mol. The van der Waals surface area contributed by atoms with Gasteiger partial charge in [0.05, 0.1) is 0 Å². The number of hydrogen-bond donors (Lipinski definition) is 1. The Labute approximate surface area is 105 Å². The van der Waals surface area contributed by atoms with Crippen LogP contribution in [-0.2, 0) is 4.79 Å². The van der Waals surface area contributed by atoms with Crippen LogP contribution in [0.4, 0.5) is 0 Å². The molecule has 5 atom stereocenters. The molecule has 1 amide bonds. The zero-order chi connectivity index (χ0) is 12.0. The van der Waals surface area contributed by atoms with E-state index in [0.29, 0.717) is 17.9 Å². The fraction of sp³-hybridized carbons (Fsp3) is 0.933. The van der Waals surface area contributed by atoms with Crippen LogP contribution in [0, 0.1) is 29.6 Å². The predicted molar refractivity (Wildman–Crippen MR) is 68.4 cm³/mol. The fourth-order valence-electron chi connectivity index (χ4n) is 3.93. The largest absolute Gasteiger partial charge is 0.353 e. The van der Waals surface area contributed by atoms with Gasteiger partial charge in [0.25, 0.3) is 0 Å². The molecule has 3 rings (SSSR count). The highest BCUT2D eigenvalue weighted by molar-refractivity contribution is 5.79. The van der Waals surface area contributed by atoms with Crippen LogP contribution in [0.15, 0.2) is 0 Å². The Morgan fingerprint density at radius 3 is 2.29 bits per heavy atom. The first-order chi connectivity index (χ1) is 8.13. The molecule has 96 valence electrons. The van der Waals surface area contributed by atoms with Crippen molar-refractivity contribution in [1.82, 2.24) is 5.32 Å². The van der Waals surface area contributed by atoms with Crippen molar-refractivity contribution in [2.24, 2.45) is 29.6 Å². The van der Waals surface area contributed by atoms with E-state index < -0.39 is 0 Å². The lowest BCUT2D eigenvalue weighted by Crippen LogP contribution is -2.42. The van der Waals surface area contributed by atoms with Crippen molar-refractivity contribution < 1.29 is 4.79 Å². The number of carbonyl (C=O) groups is 1. The molecule has 0 heterocycles. The van der Waals surface area contributed by atoms with E-state index in [2.05, 4.69) is 19.2 Å². The third-order valence-electron chi connectivity index (χ3n) is 5.56. The Hall–Kier alpha value is -0.530. The molecule has 3 aliphatic carbocycles. The second-order valence-corrected chi connectivity index (χ2v) is 6.90. The minimum absolute atomic E-state index is 0.355. The summed E-state index contributed by atoms with van der Waals surface area (Å²) in [4.78, 5) is 12.2. The lowest BCUT2D eigenvalue weighted by atomic mass is 9.79. The molecule has 1 N–H and O–H groups in total. The number of carbonyl (C=O) groups excluding carboxylic acids is 1. The summed E-state index contributed by atoms with van der Waals surface area (Å²) in [7, 11) is 0. The second-order valence-electron chi connectivity index (χ2n) is 6.90. The van der Waals surface area contributed by atoms with Crippen LogP contribution >= 0.6 is 0 Å². The molecule has 0 radical (unpaired) electrons. The van der Waals surface area contributed by atoms with Crippen LogP contribution in [0.3, 0.4) is 0 Å². The van der Waals surface area contributed by atoms with Gasteiger partial charge in [-0.3, -0.25) is 4.79 Å². The lowest BCUT2D eigenvalue weighted by Gasteiger charge is -2.33. The Morgan fingerprint density at radius 1 is 0.941 bits per heavy atom. The highest BCUT2D eigenvalue weighted by Gasteiger charge is 2.48. The fourth-order valence-corrected chi connectivity index (χ4v) is 3.93. The monoisotopic (exact) mass is 235 g/mol. The number of fused-ring (bicyclic) bond motifs is 1. The normalized spacial score (nSPS) is 48.6. The van der Waals surface area contributed by atoms with Crippen LogP contribution in [0.1, 0.15) is 52.4 Å². The molecule has 17 heavy (non-hydrogen) atoms. The summed E-state index contributed by atoms with van der Waals surface area (Å²) in [5, 5.41) is 3.31. The molecule has 0 aromatic heterocycles. The molecular formula is C15H25NO. The number of amides is 1. The quantitative estimate of drug-likeness (QED) is 0.783. The minimum Gasteiger partial charge on any atom is -0.353 e. The van der Waals surface area contributed by atoms with Crippen molar-refractivity contribution in [3.8, 4) is 0 Å². The molecule has 2 heteroatoms. The Morgan fingerprint density at radius 2 is 1.65 bits per heavy atom. The van der Waals surface area contributed by atoms with E-state index in [1.54, 1.807) is 0 Å². The number of rotatable bonds is 2. The van der Waals surface area contributed by atoms with Crippen LogP contribution in [0.2, 0.25) is 0 Å². The summed E-state index contributed by atoms with van der Waals surface area (Å²) in [5.74, 6) is 4.15. The highest BCUT2D eigenvalue weighted by Crippen LogP contribution is 2.54. The molecule has 5 unspecified atom stereocenters. The van der Waals surface area contributed by atoms with E-state index >= 15 is 0 Å². The summed E-state index contributed by atoms with van der Waals surface area (Å²) >= 11 is 0. The van der Waals surface area contributed by atoms with Crippen molar-refractivity contribution >= 4 is 5.91 Å².